The highest BCUT2D eigenvalue weighted by Crippen LogP contribution is 2.27. The zero-order valence-electron chi connectivity index (χ0n) is 10.2. The lowest BCUT2D eigenvalue weighted by atomic mass is 10.0. The molecule has 0 aliphatic rings. The van der Waals surface area contributed by atoms with Crippen LogP contribution < -0.4 is 4.74 Å². The second-order valence-electron chi connectivity index (χ2n) is 4.07. The SMILES string of the molecule is COc1cc(C(O)c2cncc(F)c2)ccc1C. The zero-order valence-corrected chi connectivity index (χ0v) is 10.2. The summed E-state index contributed by atoms with van der Waals surface area (Å²) in [6.45, 7) is 1.92. The molecule has 0 aliphatic carbocycles. The predicted molar refractivity (Wildman–Crippen MR) is 66.0 cm³/mol. The molecule has 1 atom stereocenters. The summed E-state index contributed by atoms with van der Waals surface area (Å²) in [7, 11) is 1.57. The van der Waals surface area contributed by atoms with E-state index >= 15 is 0 Å². The van der Waals surface area contributed by atoms with Crippen LogP contribution in [0.5, 0.6) is 5.75 Å². The first kappa shape index (κ1) is 12.5. The van der Waals surface area contributed by atoms with Crippen LogP contribution in [0.4, 0.5) is 4.39 Å². The standard InChI is InChI=1S/C14H14FNO2/c1-9-3-4-10(6-13(9)18-2)14(17)11-5-12(15)8-16-7-11/h3-8,14,17H,1-2H3. The van der Waals surface area contributed by atoms with E-state index in [2.05, 4.69) is 4.98 Å². The molecule has 0 fully saturated rings. The average molecular weight is 247 g/mol. The quantitative estimate of drug-likeness (QED) is 0.906. The maximum atomic E-state index is 13.1. The van der Waals surface area contributed by atoms with Crippen LogP contribution in [0.3, 0.4) is 0 Å². The number of hydrogen-bond donors (Lipinski definition) is 1. The molecule has 2 aromatic rings. The van der Waals surface area contributed by atoms with E-state index in [9.17, 15) is 9.50 Å². The molecule has 0 saturated carbocycles. The van der Waals surface area contributed by atoms with Gasteiger partial charge in [0.2, 0.25) is 0 Å². The van der Waals surface area contributed by atoms with Crippen LogP contribution in [0.15, 0.2) is 36.7 Å². The van der Waals surface area contributed by atoms with Gasteiger partial charge >= 0.3 is 0 Å². The van der Waals surface area contributed by atoms with Gasteiger partial charge in [0.05, 0.1) is 13.3 Å². The molecule has 1 aromatic heterocycles. The summed E-state index contributed by atoms with van der Waals surface area (Å²) >= 11 is 0. The summed E-state index contributed by atoms with van der Waals surface area (Å²) < 4.78 is 18.2. The van der Waals surface area contributed by atoms with Gasteiger partial charge < -0.3 is 9.84 Å². The van der Waals surface area contributed by atoms with E-state index in [4.69, 9.17) is 4.74 Å². The summed E-state index contributed by atoms with van der Waals surface area (Å²) in [6, 6.07) is 6.65. The fourth-order valence-corrected chi connectivity index (χ4v) is 1.78. The number of hydrogen-bond acceptors (Lipinski definition) is 3. The molecule has 0 spiro atoms. The second kappa shape index (κ2) is 5.14. The number of ether oxygens (including phenoxy) is 1. The van der Waals surface area contributed by atoms with Gasteiger partial charge in [0.25, 0.3) is 0 Å². The van der Waals surface area contributed by atoms with E-state index in [0.29, 0.717) is 16.9 Å². The third kappa shape index (κ3) is 2.49. The normalized spacial score (nSPS) is 12.2. The number of aromatic nitrogens is 1. The third-order valence-corrected chi connectivity index (χ3v) is 2.79. The lowest BCUT2D eigenvalue weighted by Crippen LogP contribution is -2.02. The molecule has 2 rings (SSSR count). The largest absolute Gasteiger partial charge is 0.496 e. The van der Waals surface area contributed by atoms with Crippen LogP contribution in [0.2, 0.25) is 0 Å². The van der Waals surface area contributed by atoms with E-state index in [0.717, 1.165) is 11.8 Å². The van der Waals surface area contributed by atoms with Crippen LogP contribution in [0, 0.1) is 12.7 Å². The highest BCUT2D eigenvalue weighted by Gasteiger charge is 2.13. The molecule has 3 nitrogen and oxygen atoms in total. The fourth-order valence-electron chi connectivity index (χ4n) is 1.78. The number of halogens is 1. The Balaban J connectivity index is 2.36. The molecule has 1 heterocycles. The molecule has 0 bridgehead atoms. The Morgan fingerprint density at radius 1 is 1.22 bits per heavy atom. The Hall–Kier alpha value is -1.94. The molecule has 0 radical (unpaired) electrons. The number of nitrogens with zero attached hydrogens (tertiary/aromatic N) is 1. The van der Waals surface area contributed by atoms with Gasteiger partial charge in [0.1, 0.15) is 17.7 Å². The number of methoxy groups -OCH3 is 1. The number of aryl methyl sites for hydroxylation is 1. The van der Waals surface area contributed by atoms with Crippen molar-refractivity contribution in [3.63, 3.8) is 0 Å². The van der Waals surface area contributed by atoms with Gasteiger partial charge in [-0.1, -0.05) is 12.1 Å². The van der Waals surface area contributed by atoms with Crippen LogP contribution in [-0.2, 0) is 0 Å². The van der Waals surface area contributed by atoms with Crippen molar-refractivity contribution in [1.29, 1.82) is 0 Å². The summed E-state index contributed by atoms with van der Waals surface area (Å²) in [5.41, 5.74) is 2.04. The molecule has 1 aromatic carbocycles. The highest BCUT2D eigenvalue weighted by atomic mass is 19.1. The number of benzene rings is 1. The number of aliphatic hydroxyl groups excluding tert-OH is 1. The van der Waals surface area contributed by atoms with Gasteiger partial charge in [-0.25, -0.2) is 4.39 Å². The third-order valence-electron chi connectivity index (χ3n) is 2.79. The molecule has 1 N–H and O–H groups in total. The van der Waals surface area contributed by atoms with Gasteiger partial charge in [0, 0.05) is 11.8 Å². The average Bonchev–Trinajstić information content (AvgIpc) is 2.38. The summed E-state index contributed by atoms with van der Waals surface area (Å²) in [5, 5.41) is 10.2. The fraction of sp³-hybridized carbons (Fsp3) is 0.214. The van der Waals surface area contributed by atoms with E-state index in [1.165, 1.54) is 12.3 Å². The molecule has 4 heteroatoms. The summed E-state index contributed by atoms with van der Waals surface area (Å²) in [4.78, 5) is 3.72. The van der Waals surface area contributed by atoms with Crippen LogP contribution in [-0.4, -0.2) is 17.2 Å². The molecule has 94 valence electrons. The Bertz CT molecular complexity index is 557. The van der Waals surface area contributed by atoms with Crippen LogP contribution in [0.25, 0.3) is 0 Å². The Morgan fingerprint density at radius 2 is 2.00 bits per heavy atom. The molecule has 0 saturated heterocycles. The van der Waals surface area contributed by atoms with Gasteiger partial charge in [-0.3, -0.25) is 4.98 Å². The zero-order chi connectivity index (χ0) is 13.1. The number of pyridine rings is 1. The monoisotopic (exact) mass is 247 g/mol. The Morgan fingerprint density at radius 3 is 2.67 bits per heavy atom. The predicted octanol–water partition coefficient (Wildman–Crippen LogP) is 2.62. The molecule has 18 heavy (non-hydrogen) atoms. The Kier molecular flexibility index (Phi) is 3.58. The highest BCUT2D eigenvalue weighted by molar-refractivity contribution is 5.39. The van der Waals surface area contributed by atoms with Crippen LogP contribution in [0.1, 0.15) is 22.8 Å². The minimum atomic E-state index is -0.914. The van der Waals surface area contributed by atoms with Crippen molar-refractivity contribution in [2.24, 2.45) is 0 Å². The van der Waals surface area contributed by atoms with Gasteiger partial charge in [0.15, 0.2) is 0 Å². The maximum Gasteiger partial charge on any atom is 0.141 e. The smallest absolute Gasteiger partial charge is 0.141 e. The lowest BCUT2D eigenvalue weighted by Gasteiger charge is -2.13. The van der Waals surface area contributed by atoms with Gasteiger partial charge in [-0.05, 0) is 30.2 Å². The first-order valence-corrected chi connectivity index (χ1v) is 5.55. The van der Waals surface area contributed by atoms with Crippen molar-refractivity contribution >= 4 is 0 Å². The molecule has 1 unspecified atom stereocenters. The maximum absolute atomic E-state index is 13.1. The van der Waals surface area contributed by atoms with E-state index in [1.54, 1.807) is 19.2 Å². The lowest BCUT2D eigenvalue weighted by molar-refractivity contribution is 0.218. The first-order chi connectivity index (χ1) is 8.61. The van der Waals surface area contributed by atoms with E-state index < -0.39 is 11.9 Å². The number of aliphatic hydroxyl groups is 1. The van der Waals surface area contributed by atoms with Gasteiger partial charge in [-0.2, -0.15) is 0 Å². The molecular formula is C14H14FNO2. The number of rotatable bonds is 3. The van der Waals surface area contributed by atoms with Crippen molar-refractivity contribution in [2.45, 2.75) is 13.0 Å². The van der Waals surface area contributed by atoms with Gasteiger partial charge in [-0.15, -0.1) is 0 Å². The summed E-state index contributed by atoms with van der Waals surface area (Å²) in [6.07, 6.45) is 1.63. The van der Waals surface area contributed by atoms with Crippen molar-refractivity contribution in [2.75, 3.05) is 7.11 Å². The van der Waals surface area contributed by atoms with E-state index in [-0.39, 0.29) is 0 Å². The van der Waals surface area contributed by atoms with Crippen molar-refractivity contribution < 1.29 is 14.2 Å². The van der Waals surface area contributed by atoms with Crippen molar-refractivity contribution in [1.82, 2.24) is 4.98 Å². The minimum absolute atomic E-state index is 0.418. The van der Waals surface area contributed by atoms with Crippen LogP contribution >= 0.6 is 0 Å². The first-order valence-electron chi connectivity index (χ1n) is 5.55. The summed E-state index contributed by atoms with van der Waals surface area (Å²) in [5.74, 6) is 0.224. The second-order valence-corrected chi connectivity index (χ2v) is 4.07. The Labute approximate surface area is 105 Å². The molecule has 0 aliphatic heterocycles. The molecule has 0 amide bonds. The van der Waals surface area contributed by atoms with Crippen molar-refractivity contribution in [3.8, 4) is 5.75 Å². The molecular weight excluding hydrogens is 233 g/mol. The topological polar surface area (TPSA) is 42.4 Å². The minimum Gasteiger partial charge on any atom is -0.496 e. The van der Waals surface area contributed by atoms with E-state index in [1.807, 2.05) is 13.0 Å². The van der Waals surface area contributed by atoms with Crippen molar-refractivity contribution in [3.05, 3.63) is 59.2 Å².